The smallest absolute Gasteiger partial charge is 0.139 e. The predicted molar refractivity (Wildman–Crippen MR) is 85.4 cm³/mol. The highest BCUT2D eigenvalue weighted by atomic mass is 32.2. The molecule has 112 valence electrons. The fraction of sp³-hybridized carbons (Fsp3) is 0.294. The summed E-state index contributed by atoms with van der Waals surface area (Å²) in [6, 6.07) is 12.4. The zero-order valence-corrected chi connectivity index (χ0v) is 13.3. The summed E-state index contributed by atoms with van der Waals surface area (Å²) in [5.74, 6) is -0.0635. The Bertz CT molecular complexity index is 637. The topological polar surface area (TPSA) is 29.1 Å². The molecular formula is C17H20FNOS. The molecule has 2 atom stereocenters. The van der Waals surface area contributed by atoms with Crippen LogP contribution < -0.4 is 5.32 Å². The number of aryl methyl sites for hydroxylation is 2. The van der Waals surface area contributed by atoms with E-state index in [9.17, 15) is 8.60 Å². The molecule has 2 rings (SSSR count). The summed E-state index contributed by atoms with van der Waals surface area (Å²) in [6.45, 7) is 4.08. The summed E-state index contributed by atoms with van der Waals surface area (Å²) >= 11 is 0. The average molecular weight is 305 g/mol. The van der Waals surface area contributed by atoms with Crippen LogP contribution in [-0.2, 0) is 10.8 Å². The minimum absolute atomic E-state index is 0.0657. The number of hydrogen-bond acceptors (Lipinski definition) is 2. The average Bonchev–Trinajstić information content (AvgIpc) is 2.43. The molecule has 1 N–H and O–H groups in total. The van der Waals surface area contributed by atoms with Gasteiger partial charge in [-0.2, -0.15) is 0 Å². The highest BCUT2D eigenvalue weighted by Gasteiger charge is 2.17. The van der Waals surface area contributed by atoms with Crippen LogP contribution in [0.15, 0.2) is 47.4 Å². The first-order valence-electron chi connectivity index (χ1n) is 6.89. The summed E-state index contributed by atoms with van der Waals surface area (Å²) in [6.07, 6.45) is 0. The van der Waals surface area contributed by atoms with Gasteiger partial charge in [0.05, 0.1) is 15.7 Å². The molecule has 0 saturated carbocycles. The first-order valence-corrected chi connectivity index (χ1v) is 8.21. The van der Waals surface area contributed by atoms with Gasteiger partial charge < -0.3 is 5.32 Å². The zero-order valence-electron chi connectivity index (χ0n) is 12.5. The second-order valence-corrected chi connectivity index (χ2v) is 6.67. The summed E-state index contributed by atoms with van der Waals surface area (Å²) in [4.78, 5) is 0.266. The lowest BCUT2D eigenvalue weighted by atomic mass is 10.0. The molecule has 2 unspecified atom stereocenters. The minimum Gasteiger partial charge on any atom is -0.312 e. The van der Waals surface area contributed by atoms with E-state index in [-0.39, 0.29) is 10.9 Å². The molecule has 2 nitrogen and oxygen atoms in total. The van der Waals surface area contributed by atoms with Crippen LogP contribution in [0.4, 0.5) is 4.39 Å². The Morgan fingerprint density at radius 3 is 2.33 bits per heavy atom. The largest absolute Gasteiger partial charge is 0.312 e. The normalized spacial score (nSPS) is 13.9. The monoisotopic (exact) mass is 305 g/mol. The van der Waals surface area contributed by atoms with Crippen molar-refractivity contribution in [1.82, 2.24) is 5.32 Å². The molecule has 4 heteroatoms. The molecule has 2 aromatic carbocycles. The lowest BCUT2D eigenvalue weighted by Gasteiger charge is -2.18. The Morgan fingerprint density at radius 2 is 1.76 bits per heavy atom. The second kappa shape index (κ2) is 6.96. The van der Waals surface area contributed by atoms with E-state index >= 15 is 0 Å². The van der Waals surface area contributed by atoms with Crippen LogP contribution in [0.5, 0.6) is 0 Å². The standard InChI is InChI=1S/C17H20FNOS/c1-12-8-13(2)10-14(9-12)16(19-3)11-21(20)17-7-5-4-6-15(17)18/h4-10,16,19H,11H2,1-3H3. The van der Waals surface area contributed by atoms with Gasteiger partial charge in [-0.1, -0.05) is 41.5 Å². The van der Waals surface area contributed by atoms with Crippen molar-refractivity contribution in [3.05, 3.63) is 65.0 Å². The van der Waals surface area contributed by atoms with E-state index in [2.05, 4.69) is 23.5 Å². The van der Waals surface area contributed by atoms with Gasteiger partial charge in [0, 0.05) is 11.8 Å². The molecule has 0 spiro atoms. The van der Waals surface area contributed by atoms with Gasteiger partial charge in [-0.05, 0) is 38.6 Å². The Hall–Kier alpha value is -1.52. The lowest BCUT2D eigenvalue weighted by molar-refractivity contribution is 0.590. The lowest BCUT2D eigenvalue weighted by Crippen LogP contribution is -2.23. The van der Waals surface area contributed by atoms with Gasteiger partial charge in [-0.3, -0.25) is 4.21 Å². The Kier molecular flexibility index (Phi) is 5.26. The maximum absolute atomic E-state index is 13.7. The van der Waals surface area contributed by atoms with E-state index in [1.54, 1.807) is 18.2 Å². The number of rotatable bonds is 5. The van der Waals surface area contributed by atoms with Gasteiger partial charge in [0.1, 0.15) is 5.82 Å². The van der Waals surface area contributed by atoms with Gasteiger partial charge in [0.2, 0.25) is 0 Å². The van der Waals surface area contributed by atoms with Crippen LogP contribution >= 0.6 is 0 Å². The van der Waals surface area contributed by atoms with Crippen LogP contribution in [0.1, 0.15) is 22.7 Å². The highest BCUT2D eigenvalue weighted by molar-refractivity contribution is 7.85. The molecule has 0 aliphatic heterocycles. The Balaban J connectivity index is 2.23. The summed E-state index contributed by atoms with van der Waals surface area (Å²) in [5, 5.41) is 3.18. The SMILES string of the molecule is CNC(CS(=O)c1ccccc1F)c1cc(C)cc(C)c1. The molecular weight excluding hydrogens is 285 g/mol. The molecule has 0 aliphatic carbocycles. The summed E-state index contributed by atoms with van der Waals surface area (Å²) < 4.78 is 26.1. The highest BCUT2D eigenvalue weighted by Crippen LogP contribution is 2.21. The first-order chi connectivity index (χ1) is 10.0. The van der Waals surface area contributed by atoms with Crippen molar-refractivity contribution in [2.75, 3.05) is 12.8 Å². The van der Waals surface area contributed by atoms with E-state index in [1.807, 2.05) is 20.9 Å². The van der Waals surface area contributed by atoms with Crippen molar-refractivity contribution >= 4 is 10.8 Å². The second-order valence-electron chi connectivity index (χ2n) is 5.20. The molecule has 0 radical (unpaired) electrons. The predicted octanol–water partition coefficient (Wildman–Crippen LogP) is 3.51. The minimum atomic E-state index is -1.38. The van der Waals surface area contributed by atoms with E-state index in [0.717, 1.165) is 5.56 Å². The van der Waals surface area contributed by atoms with Crippen molar-refractivity contribution in [2.45, 2.75) is 24.8 Å². The fourth-order valence-electron chi connectivity index (χ4n) is 2.43. The van der Waals surface area contributed by atoms with Crippen LogP contribution in [0, 0.1) is 19.7 Å². The van der Waals surface area contributed by atoms with Crippen molar-refractivity contribution in [3.63, 3.8) is 0 Å². The molecule has 0 saturated heterocycles. The van der Waals surface area contributed by atoms with E-state index in [4.69, 9.17) is 0 Å². The quantitative estimate of drug-likeness (QED) is 0.916. The first kappa shape index (κ1) is 15.9. The van der Waals surface area contributed by atoms with Crippen LogP contribution in [0.3, 0.4) is 0 Å². The molecule has 2 aromatic rings. The van der Waals surface area contributed by atoms with Gasteiger partial charge in [-0.25, -0.2) is 4.39 Å². The molecule has 21 heavy (non-hydrogen) atoms. The zero-order chi connectivity index (χ0) is 15.4. The van der Waals surface area contributed by atoms with Gasteiger partial charge in [-0.15, -0.1) is 0 Å². The van der Waals surface area contributed by atoms with Crippen LogP contribution in [0.25, 0.3) is 0 Å². The third-order valence-electron chi connectivity index (χ3n) is 3.39. The van der Waals surface area contributed by atoms with Gasteiger partial charge in [0.15, 0.2) is 0 Å². The molecule has 0 aliphatic rings. The molecule has 0 heterocycles. The number of benzene rings is 2. The van der Waals surface area contributed by atoms with Crippen molar-refractivity contribution in [3.8, 4) is 0 Å². The number of hydrogen-bond donors (Lipinski definition) is 1. The Labute approximate surface area is 127 Å². The van der Waals surface area contributed by atoms with Crippen molar-refractivity contribution in [2.24, 2.45) is 0 Å². The third kappa shape index (κ3) is 3.99. The van der Waals surface area contributed by atoms with Gasteiger partial charge >= 0.3 is 0 Å². The third-order valence-corrected chi connectivity index (χ3v) is 4.85. The molecule has 0 amide bonds. The summed E-state index contributed by atoms with van der Waals surface area (Å²) in [5.41, 5.74) is 3.42. The number of halogens is 1. The van der Waals surface area contributed by atoms with Gasteiger partial charge in [0.25, 0.3) is 0 Å². The fourth-order valence-corrected chi connectivity index (χ4v) is 3.79. The molecule has 0 bridgehead atoms. The maximum atomic E-state index is 13.7. The van der Waals surface area contributed by atoms with E-state index < -0.39 is 16.6 Å². The maximum Gasteiger partial charge on any atom is 0.139 e. The Morgan fingerprint density at radius 1 is 1.14 bits per heavy atom. The molecule has 0 aromatic heterocycles. The summed E-state index contributed by atoms with van der Waals surface area (Å²) in [7, 11) is 0.458. The number of nitrogens with one attached hydrogen (secondary N) is 1. The van der Waals surface area contributed by atoms with Crippen molar-refractivity contribution < 1.29 is 8.60 Å². The van der Waals surface area contributed by atoms with Crippen LogP contribution in [0.2, 0.25) is 0 Å². The molecule has 0 fully saturated rings. The van der Waals surface area contributed by atoms with Crippen molar-refractivity contribution in [1.29, 1.82) is 0 Å². The van der Waals surface area contributed by atoms with E-state index in [0.29, 0.717) is 5.75 Å². The van der Waals surface area contributed by atoms with E-state index in [1.165, 1.54) is 17.2 Å². The van der Waals surface area contributed by atoms with Crippen LogP contribution in [-0.4, -0.2) is 17.0 Å².